The van der Waals surface area contributed by atoms with Crippen LogP contribution in [-0.2, 0) is 28.6 Å². The Morgan fingerprint density at radius 1 is 1.13 bits per heavy atom. The Bertz CT molecular complexity index is 813. The van der Waals surface area contributed by atoms with E-state index in [2.05, 4.69) is 27.7 Å². The van der Waals surface area contributed by atoms with Gasteiger partial charge in [0.05, 0.1) is 0 Å². The van der Waals surface area contributed by atoms with E-state index in [-0.39, 0.29) is 46.6 Å². The molecular weight excluding hydrogens is 384 g/mol. The molecule has 4 aliphatic rings. The normalized spacial score (nSPS) is 44.0. The van der Waals surface area contributed by atoms with Crippen molar-refractivity contribution in [3.05, 3.63) is 11.6 Å². The molecule has 4 rings (SSSR count). The maximum atomic E-state index is 12.3. The molecule has 0 unspecified atom stereocenters. The average molecular weight is 419 g/mol. The van der Waals surface area contributed by atoms with E-state index in [0.717, 1.165) is 31.3 Å². The summed E-state index contributed by atoms with van der Waals surface area (Å²) in [7, 11) is 0. The van der Waals surface area contributed by atoms with Gasteiger partial charge in [-0.15, -0.1) is 0 Å². The highest BCUT2D eigenvalue weighted by atomic mass is 16.7. The zero-order valence-corrected chi connectivity index (χ0v) is 18.9. The first-order valence-electron chi connectivity index (χ1n) is 11.2. The molecule has 1 aliphatic heterocycles. The highest BCUT2D eigenvalue weighted by molar-refractivity contribution is 5.87. The zero-order valence-electron chi connectivity index (χ0n) is 18.9. The minimum absolute atomic E-state index is 0.00424. The van der Waals surface area contributed by atoms with Crippen molar-refractivity contribution in [1.29, 1.82) is 0 Å². The van der Waals surface area contributed by atoms with Gasteiger partial charge in [-0.2, -0.15) is 0 Å². The van der Waals surface area contributed by atoms with Crippen molar-refractivity contribution in [3.63, 3.8) is 0 Å². The lowest BCUT2D eigenvalue weighted by molar-refractivity contribution is -0.248. The van der Waals surface area contributed by atoms with Crippen molar-refractivity contribution in [2.45, 2.75) is 85.5 Å². The van der Waals surface area contributed by atoms with Gasteiger partial charge in [0.25, 0.3) is 5.79 Å². The lowest BCUT2D eigenvalue weighted by atomic mass is 9.42. The SMILES string of the molecule is CC(=O)O[C@@H]1C[C@H]2[C@@H](C)C3=CC(=O)O[C@]3(OC(C)=O)C[C@@H]2[C@@]2(C)CCCC(C)(C)[C@H]12. The highest BCUT2D eigenvalue weighted by Gasteiger charge is 2.66. The van der Waals surface area contributed by atoms with E-state index in [1.54, 1.807) is 0 Å². The number of ether oxygens (including phenoxy) is 3. The summed E-state index contributed by atoms with van der Waals surface area (Å²) < 4.78 is 17.4. The Balaban J connectivity index is 1.80. The fourth-order valence-corrected chi connectivity index (χ4v) is 7.80. The van der Waals surface area contributed by atoms with Crippen LogP contribution < -0.4 is 0 Å². The monoisotopic (exact) mass is 418 g/mol. The van der Waals surface area contributed by atoms with Gasteiger partial charge < -0.3 is 14.2 Å². The molecule has 1 heterocycles. The van der Waals surface area contributed by atoms with Gasteiger partial charge >= 0.3 is 17.9 Å². The van der Waals surface area contributed by atoms with Gasteiger partial charge in [0, 0.05) is 37.8 Å². The molecule has 0 bridgehead atoms. The third-order valence-electron chi connectivity index (χ3n) is 8.56. The molecule has 0 amide bonds. The second-order valence-corrected chi connectivity index (χ2v) is 10.8. The number of hydrogen-bond donors (Lipinski definition) is 0. The second-order valence-electron chi connectivity index (χ2n) is 10.8. The van der Waals surface area contributed by atoms with Crippen molar-refractivity contribution in [2.75, 3.05) is 0 Å². The minimum atomic E-state index is -1.28. The number of carbonyl (C=O) groups excluding carboxylic acids is 3. The van der Waals surface area contributed by atoms with E-state index in [9.17, 15) is 14.4 Å². The third-order valence-corrected chi connectivity index (χ3v) is 8.56. The van der Waals surface area contributed by atoms with Gasteiger partial charge in [0.1, 0.15) is 6.10 Å². The molecule has 0 saturated heterocycles. The van der Waals surface area contributed by atoms with E-state index >= 15 is 0 Å². The van der Waals surface area contributed by atoms with Crippen LogP contribution >= 0.6 is 0 Å². The maximum Gasteiger partial charge on any atom is 0.334 e. The van der Waals surface area contributed by atoms with Crippen molar-refractivity contribution in [3.8, 4) is 0 Å². The van der Waals surface area contributed by atoms with Crippen molar-refractivity contribution >= 4 is 17.9 Å². The molecule has 0 aromatic carbocycles. The predicted molar refractivity (Wildman–Crippen MR) is 109 cm³/mol. The molecule has 0 N–H and O–H groups in total. The smallest absolute Gasteiger partial charge is 0.334 e. The fourth-order valence-electron chi connectivity index (χ4n) is 7.80. The standard InChI is InChI=1S/C24H34O6/c1-13-16-10-19(28-14(2)25)21-22(4,5)8-7-9-23(21,6)18(16)12-24(29-15(3)26)17(13)11-20(27)30-24/h11,13,16,18-19,21H,7-10,12H2,1-6H3/t13-,16+,18+,19-,21+,23-,24-/m1/s1. The molecule has 7 atom stereocenters. The van der Waals surface area contributed by atoms with E-state index in [1.165, 1.54) is 19.9 Å². The first-order valence-corrected chi connectivity index (χ1v) is 11.2. The van der Waals surface area contributed by atoms with E-state index in [4.69, 9.17) is 14.2 Å². The Morgan fingerprint density at radius 2 is 1.83 bits per heavy atom. The molecule has 166 valence electrons. The molecule has 3 fully saturated rings. The summed E-state index contributed by atoms with van der Waals surface area (Å²) >= 11 is 0. The summed E-state index contributed by atoms with van der Waals surface area (Å²) in [6, 6.07) is 0. The summed E-state index contributed by atoms with van der Waals surface area (Å²) in [6.07, 6.45) is 5.82. The summed E-state index contributed by atoms with van der Waals surface area (Å²) in [6.45, 7) is 11.8. The van der Waals surface area contributed by atoms with Crippen molar-refractivity contribution in [2.24, 2.45) is 34.5 Å². The van der Waals surface area contributed by atoms with Crippen LogP contribution in [0.3, 0.4) is 0 Å². The zero-order chi connectivity index (χ0) is 22.1. The van der Waals surface area contributed by atoms with Crippen LogP contribution in [0.15, 0.2) is 11.6 Å². The second kappa shape index (κ2) is 6.83. The van der Waals surface area contributed by atoms with Crippen LogP contribution in [0.2, 0.25) is 0 Å². The first kappa shape index (κ1) is 21.4. The number of carbonyl (C=O) groups is 3. The molecule has 0 aromatic heterocycles. The van der Waals surface area contributed by atoms with Gasteiger partial charge in [0.2, 0.25) is 0 Å². The predicted octanol–water partition coefficient (Wildman–Crippen LogP) is 4.17. The highest BCUT2D eigenvalue weighted by Crippen LogP contribution is 2.67. The Labute approximate surface area is 178 Å². The summed E-state index contributed by atoms with van der Waals surface area (Å²) in [4.78, 5) is 36.2. The summed E-state index contributed by atoms with van der Waals surface area (Å²) in [5.74, 6) is -1.78. The van der Waals surface area contributed by atoms with Gasteiger partial charge in [0.15, 0.2) is 0 Å². The molecular formula is C24H34O6. The van der Waals surface area contributed by atoms with Crippen molar-refractivity contribution in [1.82, 2.24) is 0 Å². The first-order chi connectivity index (χ1) is 13.9. The largest absolute Gasteiger partial charge is 0.462 e. The Kier molecular flexibility index (Phi) is 4.87. The van der Waals surface area contributed by atoms with Crippen LogP contribution in [0, 0.1) is 34.5 Å². The van der Waals surface area contributed by atoms with Crippen LogP contribution in [-0.4, -0.2) is 29.8 Å². The number of hydrogen-bond acceptors (Lipinski definition) is 6. The Hall–Kier alpha value is -1.85. The van der Waals surface area contributed by atoms with Crippen LogP contribution in [0.4, 0.5) is 0 Å². The van der Waals surface area contributed by atoms with Gasteiger partial charge in [-0.1, -0.05) is 34.1 Å². The van der Waals surface area contributed by atoms with E-state index in [1.807, 2.05) is 0 Å². The minimum Gasteiger partial charge on any atom is -0.462 e. The number of esters is 3. The maximum absolute atomic E-state index is 12.3. The van der Waals surface area contributed by atoms with Gasteiger partial charge in [-0.3, -0.25) is 9.59 Å². The molecule has 6 nitrogen and oxygen atoms in total. The third kappa shape index (κ3) is 3.09. The fraction of sp³-hybridized carbons (Fsp3) is 0.792. The number of fused-ring (bicyclic) bond motifs is 4. The molecule has 3 saturated carbocycles. The molecule has 0 radical (unpaired) electrons. The Morgan fingerprint density at radius 3 is 2.47 bits per heavy atom. The van der Waals surface area contributed by atoms with Crippen LogP contribution in [0.5, 0.6) is 0 Å². The summed E-state index contributed by atoms with van der Waals surface area (Å²) in [5.41, 5.74) is 0.674. The average Bonchev–Trinajstić information content (AvgIpc) is 2.90. The van der Waals surface area contributed by atoms with Crippen LogP contribution in [0.1, 0.15) is 73.6 Å². The molecule has 6 heteroatoms. The molecule has 0 spiro atoms. The topological polar surface area (TPSA) is 78.9 Å². The van der Waals surface area contributed by atoms with E-state index < -0.39 is 17.7 Å². The molecule has 30 heavy (non-hydrogen) atoms. The van der Waals surface area contributed by atoms with Gasteiger partial charge in [-0.05, 0) is 47.8 Å². The van der Waals surface area contributed by atoms with Gasteiger partial charge in [-0.25, -0.2) is 4.79 Å². The van der Waals surface area contributed by atoms with Crippen molar-refractivity contribution < 1.29 is 28.6 Å². The quantitative estimate of drug-likeness (QED) is 0.626. The summed E-state index contributed by atoms with van der Waals surface area (Å²) in [5, 5.41) is 0. The molecule has 3 aliphatic carbocycles. The molecule has 0 aromatic rings. The van der Waals surface area contributed by atoms with Crippen LogP contribution in [0.25, 0.3) is 0 Å². The lowest BCUT2D eigenvalue weighted by Crippen LogP contribution is -2.63. The number of rotatable bonds is 2. The van der Waals surface area contributed by atoms with E-state index in [0.29, 0.717) is 6.42 Å². The lowest BCUT2D eigenvalue weighted by Gasteiger charge is -2.64.